The molecule has 1 amide bonds. The molecule has 0 saturated carbocycles. The van der Waals surface area contributed by atoms with E-state index in [1.807, 2.05) is 19.1 Å². The van der Waals surface area contributed by atoms with Gasteiger partial charge in [-0.15, -0.1) is 0 Å². The number of morpholine rings is 1. The molecule has 1 unspecified atom stereocenters. The first-order chi connectivity index (χ1) is 10.2. The smallest absolute Gasteiger partial charge is 0.227 e. The third kappa shape index (κ3) is 5.12. The molecule has 0 spiro atoms. The summed E-state index contributed by atoms with van der Waals surface area (Å²) in [5.74, 6) is -0.0237. The van der Waals surface area contributed by atoms with E-state index in [1.54, 1.807) is 0 Å². The topological polar surface area (TPSA) is 67.6 Å². The molecule has 5 heteroatoms. The number of nitrogens with two attached hydrogens (primary N) is 1. The Balaban J connectivity index is 1.85. The van der Waals surface area contributed by atoms with Crippen LogP contribution < -0.4 is 11.1 Å². The third-order valence-electron chi connectivity index (χ3n) is 3.78. The molecule has 1 saturated heterocycles. The zero-order chi connectivity index (χ0) is 15.1. The second-order valence-electron chi connectivity index (χ2n) is 5.55. The molecule has 116 valence electrons. The molecule has 1 aliphatic heterocycles. The molecule has 1 aromatic carbocycles. The molecule has 0 aromatic heterocycles. The summed E-state index contributed by atoms with van der Waals surface area (Å²) in [5.41, 5.74) is 7.57. The highest BCUT2D eigenvalue weighted by Crippen LogP contribution is 2.14. The lowest BCUT2D eigenvalue weighted by Gasteiger charge is -2.26. The number of amides is 1. The number of nitrogens with one attached hydrogen (secondary N) is 1. The number of rotatable bonds is 6. The zero-order valence-corrected chi connectivity index (χ0v) is 12.7. The molecule has 1 atom stereocenters. The van der Waals surface area contributed by atoms with E-state index in [9.17, 15) is 4.79 Å². The van der Waals surface area contributed by atoms with Crippen LogP contribution in [0, 0.1) is 5.92 Å². The molecule has 3 N–H and O–H groups in total. The summed E-state index contributed by atoms with van der Waals surface area (Å²) >= 11 is 0. The van der Waals surface area contributed by atoms with Crippen LogP contribution in [0.1, 0.15) is 18.9 Å². The lowest BCUT2D eigenvalue weighted by atomic mass is 10.1. The number of anilines is 1. The molecule has 21 heavy (non-hydrogen) atoms. The number of nitrogens with zero attached hydrogens (tertiary/aromatic N) is 1. The standard InChI is InChI=1S/C16H25N3O2/c1-13(6-7-17)16(20)18-15-4-2-14(3-5-15)12-19-8-10-21-11-9-19/h2-5,13H,6-12,17H2,1H3,(H,18,20). The van der Waals surface area contributed by atoms with Crippen LogP contribution in [0.4, 0.5) is 5.69 Å². The van der Waals surface area contributed by atoms with Crippen molar-refractivity contribution in [3.8, 4) is 0 Å². The molecule has 0 bridgehead atoms. The van der Waals surface area contributed by atoms with E-state index < -0.39 is 0 Å². The second-order valence-corrected chi connectivity index (χ2v) is 5.55. The van der Waals surface area contributed by atoms with Crippen molar-refractivity contribution in [3.63, 3.8) is 0 Å². The average Bonchev–Trinajstić information content (AvgIpc) is 2.50. The predicted octanol–water partition coefficient (Wildman–Crippen LogP) is 1.44. The molecule has 1 heterocycles. The van der Waals surface area contributed by atoms with Crippen LogP contribution in [0.25, 0.3) is 0 Å². The Bertz CT molecular complexity index is 441. The van der Waals surface area contributed by atoms with E-state index in [0.29, 0.717) is 13.0 Å². The van der Waals surface area contributed by atoms with E-state index in [1.165, 1.54) is 5.56 Å². The summed E-state index contributed by atoms with van der Waals surface area (Å²) in [6, 6.07) is 8.06. The Morgan fingerprint density at radius 2 is 2.00 bits per heavy atom. The van der Waals surface area contributed by atoms with Gasteiger partial charge >= 0.3 is 0 Å². The van der Waals surface area contributed by atoms with Crippen molar-refractivity contribution in [2.24, 2.45) is 11.7 Å². The summed E-state index contributed by atoms with van der Waals surface area (Å²) < 4.78 is 5.34. The van der Waals surface area contributed by atoms with Crippen molar-refractivity contribution in [1.29, 1.82) is 0 Å². The Morgan fingerprint density at radius 1 is 1.33 bits per heavy atom. The first kappa shape index (κ1) is 15.9. The molecular weight excluding hydrogens is 266 g/mol. The number of carbonyl (C=O) groups is 1. The first-order valence-corrected chi connectivity index (χ1v) is 7.59. The SMILES string of the molecule is CC(CCN)C(=O)Nc1ccc(CN2CCOCC2)cc1. The minimum absolute atomic E-state index is 0.0291. The van der Waals surface area contributed by atoms with Gasteiger partial charge in [-0.2, -0.15) is 0 Å². The van der Waals surface area contributed by atoms with Crippen LogP contribution in [-0.4, -0.2) is 43.7 Å². The van der Waals surface area contributed by atoms with Gasteiger partial charge in [0.15, 0.2) is 0 Å². The van der Waals surface area contributed by atoms with Crippen molar-refractivity contribution < 1.29 is 9.53 Å². The van der Waals surface area contributed by atoms with Crippen molar-refractivity contribution in [3.05, 3.63) is 29.8 Å². The largest absolute Gasteiger partial charge is 0.379 e. The van der Waals surface area contributed by atoms with Crippen molar-refractivity contribution in [2.45, 2.75) is 19.9 Å². The van der Waals surface area contributed by atoms with Crippen molar-refractivity contribution in [1.82, 2.24) is 4.90 Å². The van der Waals surface area contributed by atoms with Gasteiger partial charge in [0.25, 0.3) is 0 Å². The Hall–Kier alpha value is -1.43. The van der Waals surface area contributed by atoms with Gasteiger partial charge in [0.05, 0.1) is 13.2 Å². The van der Waals surface area contributed by atoms with Crippen LogP contribution in [0.5, 0.6) is 0 Å². The molecule has 0 aliphatic carbocycles. The molecule has 5 nitrogen and oxygen atoms in total. The van der Waals surface area contributed by atoms with E-state index in [2.05, 4.69) is 22.3 Å². The Morgan fingerprint density at radius 3 is 2.62 bits per heavy atom. The highest BCUT2D eigenvalue weighted by molar-refractivity contribution is 5.92. The van der Waals surface area contributed by atoms with E-state index in [4.69, 9.17) is 10.5 Å². The van der Waals surface area contributed by atoms with Gasteiger partial charge in [-0.25, -0.2) is 0 Å². The lowest BCUT2D eigenvalue weighted by molar-refractivity contribution is -0.119. The number of ether oxygens (including phenoxy) is 1. The normalized spacial score (nSPS) is 17.4. The van der Waals surface area contributed by atoms with Crippen LogP contribution in [0.2, 0.25) is 0 Å². The van der Waals surface area contributed by atoms with Gasteiger partial charge in [-0.1, -0.05) is 19.1 Å². The molecular formula is C16H25N3O2. The van der Waals surface area contributed by atoms with E-state index >= 15 is 0 Å². The highest BCUT2D eigenvalue weighted by Gasteiger charge is 2.13. The molecule has 1 fully saturated rings. The van der Waals surface area contributed by atoms with Crippen LogP contribution in [-0.2, 0) is 16.1 Å². The van der Waals surface area contributed by atoms with Gasteiger partial charge in [-0.05, 0) is 30.7 Å². The van der Waals surface area contributed by atoms with Crippen LogP contribution in [0.3, 0.4) is 0 Å². The number of benzene rings is 1. The van der Waals surface area contributed by atoms with Gasteiger partial charge in [0.2, 0.25) is 5.91 Å². The lowest BCUT2D eigenvalue weighted by Crippen LogP contribution is -2.35. The van der Waals surface area contributed by atoms with Crippen LogP contribution >= 0.6 is 0 Å². The van der Waals surface area contributed by atoms with Gasteiger partial charge in [0, 0.05) is 31.2 Å². The molecule has 2 rings (SSSR count). The summed E-state index contributed by atoms with van der Waals surface area (Å²) in [6.45, 7) is 6.95. The third-order valence-corrected chi connectivity index (χ3v) is 3.78. The van der Waals surface area contributed by atoms with Crippen LogP contribution in [0.15, 0.2) is 24.3 Å². The monoisotopic (exact) mass is 291 g/mol. The second kappa shape index (κ2) is 8.12. The minimum Gasteiger partial charge on any atom is -0.379 e. The number of hydrogen-bond donors (Lipinski definition) is 2. The maximum absolute atomic E-state index is 11.9. The molecule has 1 aliphatic rings. The Kier molecular flexibility index (Phi) is 6.17. The summed E-state index contributed by atoms with van der Waals surface area (Å²) in [6.07, 6.45) is 0.709. The average molecular weight is 291 g/mol. The van der Waals surface area contributed by atoms with Gasteiger partial charge < -0.3 is 15.8 Å². The van der Waals surface area contributed by atoms with E-state index in [-0.39, 0.29) is 11.8 Å². The van der Waals surface area contributed by atoms with Gasteiger partial charge in [-0.3, -0.25) is 9.69 Å². The number of hydrogen-bond acceptors (Lipinski definition) is 4. The molecule has 0 radical (unpaired) electrons. The quantitative estimate of drug-likeness (QED) is 0.832. The van der Waals surface area contributed by atoms with Crippen molar-refractivity contribution in [2.75, 3.05) is 38.2 Å². The predicted molar refractivity (Wildman–Crippen MR) is 84.0 cm³/mol. The fourth-order valence-corrected chi connectivity index (χ4v) is 2.36. The maximum atomic E-state index is 11.9. The Labute approximate surface area is 126 Å². The zero-order valence-electron chi connectivity index (χ0n) is 12.7. The first-order valence-electron chi connectivity index (χ1n) is 7.59. The summed E-state index contributed by atoms with van der Waals surface area (Å²) in [7, 11) is 0. The number of carbonyl (C=O) groups excluding carboxylic acids is 1. The highest BCUT2D eigenvalue weighted by atomic mass is 16.5. The van der Waals surface area contributed by atoms with Gasteiger partial charge in [0.1, 0.15) is 0 Å². The maximum Gasteiger partial charge on any atom is 0.227 e. The van der Waals surface area contributed by atoms with Crippen molar-refractivity contribution >= 4 is 11.6 Å². The summed E-state index contributed by atoms with van der Waals surface area (Å²) in [4.78, 5) is 14.3. The fraction of sp³-hybridized carbons (Fsp3) is 0.562. The minimum atomic E-state index is -0.0528. The van der Waals surface area contributed by atoms with E-state index in [0.717, 1.165) is 38.5 Å². The fourth-order valence-electron chi connectivity index (χ4n) is 2.36. The summed E-state index contributed by atoms with van der Waals surface area (Å²) in [5, 5.41) is 2.93. The molecule has 1 aromatic rings.